The van der Waals surface area contributed by atoms with Crippen LogP contribution in [0.1, 0.15) is 0 Å². The molecule has 2 aromatic rings. The summed E-state index contributed by atoms with van der Waals surface area (Å²) in [6, 6.07) is 18.6. The van der Waals surface area contributed by atoms with Crippen LogP contribution in [0.2, 0.25) is 0 Å². The fraction of sp³-hybridized carbons (Fsp3) is 0.263. The largest absolute Gasteiger partial charge is 0.383 e. The average molecular weight is 342 g/mol. The van der Waals surface area contributed by atoms with Crippen LogP contribution in [0, 0.1) is 0 Å². The van der Waals surface area contributed by atoms with Gasteiger partial charge in [0.1, 0.15) is 13.2 Å². The minimum atomic E-state index is -0.282. The van der Waals surface area contributed by atoms with Crippen LogP contribution in [0.25, 0.3) is 0 Å². The number of benzene rings is 2. The number of hydrogen-bond donors (Lipinski definition) is 1. The molecule has 0 unspecified atom stereocenters. The Balaban J connectivity index is 1.96. The third kappa shape index (κ3) is 6.02. The average Bonchev–Trinajstić information content (AvgIpc) is 2.64. The first-order valence-corrected chi connectivity index (χ1v) is 7.99. The number of methoxy groups -OCH3 is 1. The van der Waals surface area contributed by atoms with Gasteiger partial charge in [-0.1, -0.05) is 36.4 Å². The lowest BCUT2D eigenvalue weighted by Crippen LogP contribution is -2.34. The number of amides is 2. The van der Waals surface area contributed by atoms with E-state index >= 15 is 0 Å². The highest BCUT2D eigenvalue weighted by Gasteiger charge is 2.18. The molecular weight excluding hydrogens is 320 g/mol. The Kier molecular flexibility index (Phi) is 7.62. The SMILES string of the molecule is COCCNC(=O)COCC(=O)N(c1ccccc1)c1ccccc1. The van der Waals surface area contributed by atoms with Crippen molar-refractivity contribution in [3.05, 3.63) is 60.7 Å². The highest BCUT2D eigenvalue weighted by Crippen LogP contribution is 2.24. The van der Waals surface area contributed by atoms with Crippen molar-refractivity contribution in [3.8, 4) is 0 Å². The number of anilines is 2. The van der Waals surface area contributed by atoms with Gasteiger partial charge in [-0.3, -0.25) is 14.5 Å². The Labute approximate surface area is 147 Å². The van der Waals surface area contributed by atoms with Gasteiger partial charge in [-0.25, -0.2) is 0 Å². The van der Waals surface area contributed by atoms with E-state index in [4.69, 9.17) is 9.47 Å². The zero-order valence-electron chi connectivity index (χ0n) is 14.2. The number of carbonyl (C=O) groups excluding carboxylic acids is 2. The highest BCUT2D eigenvalue weighted by molar-refractivity contribution is 6.01. The lowest BCUT2D eigenvalue weighted by atomic mass is 10.2. The van der Waals surface area contributed by atoms with E-state index < -0.39 is 0 Å². The second-order valence-corrected chi connectivity index (χ2v) is 5.24. The second kappa shape index (κ2) is 10.2. The molecule has 0 aliphatic heterocycles. The molecule has 0 aromatic heterocycles. The summed E-state index contributed by atoms with van der Waals surface area (Å²) in [5.74, 6) is -0.530. The summed E-state index contributed by atoms with van der Waals surface area (Å²) in [4.78, 5) is 25.8. The molecule has 0 bridgehead atoms. The molecule has 2 rings (SSSR count). The summed E-state index contributed by atoms with van der Waals surface area (Å²) in [5, 5.41) is 2.64. The Hall–Kier alpha value is -2.70. The molecule has 0 aliphatic rings. The number of nitrogens with one attached hydrogen (secondary N) is 1. The highest BCUT2D eigenvalue weighted by atomic mass is 16.5. The van der Waals surface area contributed by atoms with E-state index in [9.17, 15) is 9.59 Å². The third-order valence-corrected chi connectivity index (χ3v) is 3.37. The molecule has 0 heterocycles. The summed E-state index contributed by atoms with van der Waals surface area (Å²) < 4.78 is 10.1. The molecule has 2 amide bonds. The van der Waals surface area contributed by atoms with E-state index in [2.05, 4.69) is 5.32 Å². The molecular formula is C19H22N2O4. The molecule has 0 radical (unpaired) electrons. The van der Waals surface area contributed by atoms with Gasteiger partial charge < -0.3 is 14.8 Å². The molecule has 6 heteroatoms. The Morgan fingerprint density at radius 3 is 2.00 bits per heavy atom. The molecule has 1 N–H and O–H groups in total. The van der Waals surface area contributed by atoms with Gasteiger partial charge in [-0.2, -0.15) is 0 Å². The molecule has 25 heavy (non-hydrogen) atoms. The van der Waals surface area contributed by atoms with E-state index in [0.717, 1.165) is 11.4 Å². The molecule has 2 aromatic carbocycles. The summed E-state index contributed by atoms with van der Waals surface area (Å²) in [6.45, 7) is 0.474. The van der Waals surface area contributed by atoms with Crippen LogP contribution in [0.4, 0.5) is 11.4 Å². The first kappa shape index (κ1) is 18.6. The summed E-state index contributed by atoms with van der Waals surface area (Å²) in [5.41, 5.74) is 1.48. The number of nitrogens with zero attached hydrogens (tertiary/aromatic N) is 1. The lowest BCUT2D eigenvalue weighted by molar-refractivity contribution is -0.129. The molecule has 0 saturated heterocycles. The van der Waals surface area contributed by atoms with Crippen LogP contribution >= 0.6 is 0 Å². The van der Waals surface area contributed by atoms with Crippen molar-refractivity contribution >= 4 is 23.2 Å². The van der Waals surface area contributed by atoms with Gasteiger partial charge in [-0.15, -0.1) is 0 Å². The van der Waals surface area contributed by atoms with Crippen molar-refractivity contribution in [1.29, 1.82) is 0 Å². The van der Waals surface area contributed by atoms with Crippen LogP contribution in [0.5, 0.6) is 0 Å². The van der Waals surface area contributed by atoms with Gasteiger partial charge in [0.25, 0.3) is 5.91 Å². The number of carbonyl (C=O) groups is 2. The molecule has 0 fully saturated rings. The van der Waals surface area contributed by atoms with Crippen LogP contribution in [-0.4, -0.2) is 45.3 Å². The lowest BCUT2D eigenvalue weighted by Gasteiger charge is -2.23. The van der Waals surface area contributed by atoms with Crippen molar-refractivity contribution in [2.24, 2.45) is 0 Å². The van der Waals surface area contributed by atoms with Crippen molar-refractivity contribution < 1.29 is 19.1 Å². The minimum absolute atomic E-state index is 0.174. The zero-order valence-corrected chi connectivity index (χ0v) is 14.2. The fourth-order valence-corrected chi connectivity index (χ4v) is 2.23. The van der Waals surface area contributed by atoms with E-state index in [-0.39, 0.29) is 25.0 Å². The number of rotatable bonds is 9. The van der Waals surface area contributed by atoms with Gasteiger partial charge in [0.15, 0.2) is 0 Å². The third-order valence-electron chi connectivity index (χ3n) is 3.37. The van der Waals surface area contributed by atoms with E-state index in [1.807, 2.05) is 60.7 Å². The second-order valence-electron chi connectivity index (χ2n) is 5.24. The number of hydrogen-bond acceptors (Lipinski definition) is 4. The number of ether oxygens (including phenoxy) is 2. The van der Waals surface area contributed by atoms with Crippen LogP contribution in [0.15, 0.2) is 60.7 Å². The Morgan fingerprint density at radius 1 is 0.920 bits per heavy atom. The number of para-hydroxylation sites is 2. The summed E-state index contributed by atoms with van der Waals surface area (Å²) in [6.07, 6.45) is 0. The zero-order chi connectivity index (χ0) is 17.9. The molecule has 0 spiro atoms. The van der Waals surface area contributed by atoms with Crippen molar-refractivity contribution in [2.45, 2.75) is 0 Å². The Bertz CT molecular complexity index is 622. The maximum atomic E-state index is 12.6. The maximum absolute atomic E-state index is 12.6. The topological polar surface area (TPSA) is 67.9 Å². The van der Waals surface area contributed by atoms with Crippen molar-refractivity contribution in [3.63, 3.8) is 0 Å². The van der Waals surface area contributed by atoms with E-state index in [0.29, 0.717) is 13.2 Å². The maximum Gasteiger partial charge on any atom is 0.257 e. The van der Waals surface area contributed by atoms with Crippen LogP contribution in [0.3, 0.4) is 0 Å². The first-order valence-electron chi connectivity index (χ1n) is 7.99. The van der Waals surface area contributed by atoms with E-state index in [1.54, 1.807) is 12.0 Å². The van der Waals surface area contributed by atoms with Crippen molar-refractivity contribution in [1.82, 2.24) is 5.32 Å². The Morgan fingerprint density at radius 2 is 1.48 bits per heavy atom. The smallest absolute Gasteiger partial charge is 0.257 e. The molecule has 132 valence electrons. The van der Waals surface area contributed by atoms with Crippen LogP contribution < -0.4 is 10.2 Å². The normalized spacial score (nSPS) is 10.3. The molecule has 0 atom stereocenters. The van der Waals surface area contributed by atoms with Gasteiger partial charge in [0.05, 0.1) is 6.61 Å². The fourth-order valence-electron chi connectivity index (χ4n) is 2.23. The van der Waals surface area contributed by atoms with Gasteiger partial charge in [0.2, 0.25) is 5.91 Å². The van der Waals surface area contributed by atoms with E-state index in [1.165, 1.54) is 0 Å². The van der Waals surface area contributed by atoms with Gasteiger partial charge in [-0.05, 0) is 24.3 Å². The first-order chi connectivity index (χ1) is 12.2. The van der Waals surface area contributed by atoms with Crippen LogP contribution in [-0.2, 0) is 19.1 Å². The monoisotopic (exact) mass is 342 g/mol. The molecule has 6 nitrogen and oxygen atoms in total. The quantitative estimate of drug-likeness (QED) is 0.709. The van der Waals surface area contributed by atoms with Gasteiger partial charge >= 0.3 is 0 Å². The molecule has 0 saturated carbocycles. The summed E-state index contributed by atoms with van der Waals surface area (Å²) >= 11 is 0. The van der Waals surface area contributed by atoms with Crippen molar-refractivity contribution in [2.75, 3.05) is 38.4 Å². The predicted octanol–water partition coefficient (Wildman–Crippen LogP) is 2.13. The predicted molar refractivity (Wildman–Crippen MR) is 95.7 cm³/mol. The summed E-state index contributed by atoms with van der Waals surface area (Å²) in [7, 11) is 1.56. The van der Waals surface area contributed by atoms with Gasteiger partial charge in [0, 0.05) is 25.0 Å². The molecule has 0 aliphatic carbocycles. The standard InChI is InChI=1S/C19H22N2O4/c1-24-13-12-20-18(22)14-25-15-19(23)21(16-8-4-2-5-9-16)17-10-6-3-7-11-17/h2-11H,12-15H2,1H3,(H,20,22). The minimum Gasteiger partial charge on any atom is -0.383 e.